The maximum Gasteiger partial charge on any atom is 0.238 e. The first kappa shape index (κ1) is 19.4. The van der Waals surface area contributed by atoms with E-state index in [0.29, 0.717) is 24.1 Å². The van der Waals surface area contributed by atoms with E-state index in [1.165, 1.54) is 23.9 Å². The van der Waals surface area contributed by atoms with Crippen molar-refractivity contribution in [3.05, 3.63) is 66.0 Å². The fourth-order valence-electron chi connectivity index (χ4n) is 3.45. The Morgan fingerprint density at radius 1 is 1.10 bits per heavy atom. The molecule has 2 aromatic carbocycles. The van der Waals surface area contributed by atoms with Crippen molar-refractivity contribution in [2.45, 2.75) is 30.3 Å². The van der Waals surface area contributed by atoms with Crippen LogP contribution in [0.3, 0.4) is 0 Å². The average Bonchev–Trinajstić information content (AvgIpc) is 3.18. The van der Waals surface area contributed by atoms with Crippen LogP contribution in [0.5, 0.6) is 0 Å². The smallest absolute Gasteiger partial charge is 0.238 e. The van der Waals surface area contributed by atoms with Gasteiger partial charge in [-0.1, -0.05) is 54.2 Å². The van der Waals surface area contributed by atoms with Gasteiger partial charge in [-0.2, -0.15) is 0 Å². The van der Waals surface area contributed by atoms with Crippen molar-refractivity contribution >= 4 is 17.7 Å². The third-order valence-corrected chi connectivity index (χ3v) is 6.22. The van der Waals surface area contributed by atoms with Gasteiger partial charge in [0, 0.05) is 18.7 Å². The quantitative estimate of drug-likeness (QED) is 0.693. The van der Waals surface area contributed by atoms with Crippen LogP contribution in [-0.4, -0.2) is 44.0 Å². The predicted molar refractivity (Wildman–Crippen MR) is 112 cm³/mol. The molecule has 0 radical (unpaired) electrons. The summed E-state index contributed by atoms with van der Waals surface area (Å²) in [6, 6.07) is 15.7. The molecule has 0 fully saturated rings. The van der Waals surface area contributed by atoms with Crippen LogP contribution in [0, 0.1) is 5.82 Å². The first-order chi connectivity index (χ1) is 14.1. The number of thioether (sulfide) groups is 1. The predicted octanol–water partition coefficient (Wildman–Crippen LogP) is 3.71. The van der Waals surface area contributed by atoms with Crippen LogP contribution in [0.1, 0.15) is 25.5 Å². The summed E-state index contributed by atoms with van der Waals surface area (Å²) in [7, 11) is 0. The summed E-state index contributed by atoms with van der Waals surface area (Å²) in [5.74, 6) is 0.394. The maximum absolute atomic E-state index is 13.5. The second kappa shape index (κ2) is 8.24. The van der Waals surface area contributed by atoms with Gasteiger partial charge in [0.05, 0.1) is 6.04 Å². The molecule has 0 saturated heterocycles. The molecule has 0 aliphatic carbocycles. The molecule has 3 aromatic rings. The van der Waals surface area contributed by atoms with Crippen LogP contribution in [0.25, 0.3) is 11.4 Å². The van der Waals surface area contributed by atoms with Gasteiger partial charge in [0.25, 0.3) is 0 Å². The lowest BCUT2D eigenvalue weighted by atomic mass is 10.0. The number of carbonyl (C=O) groups is 1. The standard InChI is InChI=1S/C21H22FN5OS/c1-3-26(4-2)20(28)18-17(14-10-12-16(22)13-11-14)25-27-19(23-24-21(27)29-18)15-8-6-5-7-9-15/h5-13,17-18,25H,3-4H2,1-2H3/t17-,18-/m1/s1. The number of carbonyl (C=O) groups excluding carboxylic acids is 1. The van der Waals surface area contributed by atoms with E-state index in [9.17, 15) is 9.18 Å². The molecule has 1 amide bonds. The van der Waals surface area contributed by atoms with Crippen molar-refractivity contribution in [1.29, 1.82) is 0 Å². The maximum atomic E-state index is 13.5. The monoisotopic (exact) mass is 411 g/mol. The van der Waals surface area contributed by atoms with Gasteiger partial charge in [0.1, 0.15) is 11.1 Å². The Bertz CT molecular complexity index is 988. The number of hydrogen-bond acceptors (Lipinski definition) is 5. The van der Waals surface area contributed by atoms with Gasteiger partial charge in [0.2, 0.25) is 11.1 Å². The van der Waals surface area contributed by atoms with E-state index in [1.807, 2.05) is 48.9 Å². The summed E-state index contributed by atoms with van der Waals surface area (Å²) < 4.78 is 15.3. The lowest BCUT2D eigenvalue weighted by Gasteiger charge is -2.35. The first-order valence-corrected chi connectivity index (χ1v) is 10.5. The third-order valence-electron chi connectivity index (χ3n) is 5.02. The van der Waals surface area contributed by atoms with Gasteiger partial charge in [0.15, 0.2) is 5.82 Å². The Balaban J connectivity index is 1.76. The molecule has 0 spiro atoms. The van der Waals surface area contributed by atoms with Crippen molar-refractivity contribution in [2.24, 2.45) is 0 Å². The lowest BCUT2D eigenvalue weighted by molar-refractivity contribution is -0.130. The molecule has 6 nitrogen and oxygen atoms in total. The highest BCUT2D eigenvalue weighted by Gasteiger charge is 2.39. The van der Waals surface area contributed by atoms with Gasteiger partial charge in [-0.25, -0.2) is 9.07 Å². The minimum absolute atomic E-state index is 0.0253. The van der Waals surface area contributed by atoms with Crippen LogP contribution in [-0.2, 0) is 4.79 Å². The largest absolute Gasteiger partial charge is 0.342 e. The third kappa shape index (κ3) is 3.72. The van der Waals surface area contributed by atoms with Crippen LogP contribution in [0.15, 0.2) is 59.8 Å². The molecule has 0 bridgehead atoms. The van der Waals surface area contributed by atoms with E-state index in [2.05, 4.69) is 15.6 Å². The Kier molecular flexibility index (Phi) is 5.53. The number of halogens is 1. The molecular weight excluding hydrogens is 389 g/mol. The van der Waals surface area contributed by atoms with E-state index in [-0.39, 0.29) is 17.8 Å². The lowest BCUT2D eigenvalue weighted by Crippen LogP contribution is -2.46. The zero-order valence-corrected chi connectivity index (χ0v) is 17.1. The molecule has 29 heavy (non-hydrogen) atoms. The van der Waals surface area contributed by atoms with Crippen LogP contribution < -0.4 is 5.43 Å². The Morgan fingerprint density at radius 3 is 2.45 bits per heavy atom. The summed E-state index contributed by atoms with van der Waals surface area (Å²) in [5.41, 5.74) is 5.17. The molecule has 1 aromatic heterocycles. The highest BCUT2D eigenvalue weighted by Crippen LogP contribution is 2.39. The number of aromatic nitrogens is 3. The summed E-state index contributed by atoms with van der Waals surface area (Å²) in [5, 5.41) is 8.84. The second-order valence-electron chi connectivity index (χ2n) is 6.71. The number of fused-ring (bicyclic) bond motifs is 1. The number of hydrogen-bond donors (Lipinski definition) is 1. The molecule has 0 saturated carbocycles. The van der Waals surface area contributed by atoms with Gasteiger partial charge >= 0.3 is 0 Å². The second-order valence-corrected chi connectivity index (χ2v) is 7.82. The highest BCUT2D eigenvalue weighted by molar-refractivity contribution is 8.00. The summed E-state index contributed by atoms with van der Waals surface area (Å²) in [4.78, 5) is 15.0. The minimum atomic E-state index is -0.430. The van der Waals surface area contributed by atoms with Gasteiger partial charge < -0.3 is 10.3 Å². The van der Waals surface area contributed by atoms with Gasteiger partial charge in [-0.05, 0) is 31.5 Å². The summed E-state index contributed by atoms with van der Waals surface area (Å²) in [6.45, 7) is 5.19. The minimum Gasteiger partial charge on any atom is -0.342 e. The van der Waals surface area contributed by atoms with Crippen molar-refractivity contribution in [3.8, 4) is 11.4 Å². The Hall–Kier alpha value is -2.87. The highest BCUT2D eigenvalue weighted by atomic mass is 32.2. The number of nitrogens with zero attached hydrogens (tertiary/aromatic N) is 4. The van der Waals surface area contributed by atoms with Gasteiger partial charge in [-0.15, -0.1) is 10.2 Å². The van der Waals surface area contributed by atoms with Crippen molar-refractivity contribution in [2.75, 3.05) is 18.5 Å². The number of nitrogens with one attached hydrogen (secondary N) is 1. The van der Waals surface area contributed by atoms with Crippen LogP contribution in [0.4, 0.5) is 4.39 Å². The molecule has 2 heterocycles. The topological polar surface area (TPSA) is 63.1 Å². The zero-order valence-electron chi connectivity index (χ0n) is 16.2. The molecule has 8 heteroatoms. The first-order valence-electron chi connectivity index (χ1n) is 9.60. The van der Waals surface area contributed by atoms with Crippen molar-refractivity contribution in [1.82, 2.24) is 19.8 Å². The molecule has 4 rings (SSSR count). The molecule has 0 unspecified atom stereocenters. The van der Waals surface area contributed by atoms with E-state index >= 15 is 0 Å². The van der Waals surface area contributed by atoms with Crippen molar-refractivity contribution in [3.63, 3.8) is 0 Å². The van der Waals surface area contributed by atoms with E-state index in [1.54, 1.807) is 17.0 Å². The van der Waals surface area contributed by atoms with Crippen LogP contribution in [0.2, 0.25) is 0 Å². The van der Waals surface area contributed by atoms with E-state index in [0.717, 1.165) is 11.1 Å². The molecule has 2 atom stereocenters. The van der Waals surface area contributed by atoms with Gasteiger partial charge in [-0.3, -0.25) is 4.79 Å². The van der Waals surface area contributed by atoms with Crippen LogP contribution >= 0.6 is 11.8 Å². The normalized spacial score (nSPS) is 18.0. The number of rotatable bonds is 5. The molecule has 150 valence electrons. The zero-order chi connectivity index (χ0) is 20.4. The summed E-state index contributed by atoms with van der Waals surface area (Å²) in [6.07, 6.45) is 0. The molecule has 1 aliphatic rings. The number of amides is 1. The van der Waals surface area contributed by atoms with E-state index < -0.39 is 5.25 Å². The molecular formula is C21H22FN5OS. The Labute approximate surface area is 173 Å². The van der Waals surface area contributed by atoms with E-state index in [4.69, 9.17) is 0 Å². The summed E-state index contributed by atoms with van der Waals surface area (Å²) >= 11 is 1.39. The Morgan fingerprint density at radius 2 is 1.79 bits per heavy atom. The fraction of sp³-hybridized carbons (Fsp3) is 0.286. The number of benzene rings is 2. The molecule has 1 N–H and O–H groups in total. The molecule has 1 aliphatic heterocycles. The van der Waals surface area contributed by atoms with Crippen molar-refractivity contribution < 1.29 is 9.18 Å². The average molecular weight is 412 g/mol. The SMILES string of the molecule is CCN(CC)C(=O)[C@@H]1Sc2nnc(-c3ccccc3)n2N[C@@H]1c1ccc(F)cc1. The fourth-order valence-corrected chi connectivity index (χ4v) is 4.62.